The molecule has 0 saturated heterocycles. The number of benzene rings is 1. The highest BCUT2D eigenvalue weighted by atomic mass is 35.5. The summed E-state index contributed by atoms with van der Waals surface area (Å²) in [6.45, 7) is 0. The zero-order chi connectivity index (χ0) is 11.6. The van der Waals surface area contributed by atoms with Crippen molar-refractivity contribution in [3.63, 3.8) is 0 Å². The van der Waals surface area contributed by atoms with Crippen LogP contribution in [0, 0.1) is 0 Å². The summed E-state index contributed by atoms with van der Waals surface area (Å²) in [5, 5.41) is 1.46. The Bertz CT molecular complexity index is 368. The molecule has 1 aliphatic carbocycles. The number of halogens is 2. The predicted molar refractivity (Wildman–Crippen MR) is 70.0 cm³/mol. The van der Waals surface area contributed by atoms with Crippen molar-refractivity contribution in [1.29, 1.82) is 0 Å². The Balaban J connectivity index is 2.36. The van der Waals surface area contributed by atoms with E-state index in [1.165, 1.54) is 25.7 Å². The molecule has 0 bridgehead atoms. The van der Waals surface area contributed by atoms with Gasteiger partial charge in [0.25, 0.3) is 0 Å². The molecule has 0 spiro atoms. The normalized spacial score (nSPS) is 20.4. The smallest absolute Gasteiger partial charge is 0.0457 e. The van der Waals surface area contributed by atoms with E-state index in [1.807, 2.05) is 18.2 Å². The SMILES string of the molecule is NC1(c2cc(Cl)ccc2Cl)CCCCCC1. The van der Waals surface area contributed by atoms with Crippen molar-refractivity contribution in [2.24, 2.45) is 5.73 Å². The Morgan fingerprint density at radius 1 is 1.00 bits per heavy atom. The molecule has 1 aliphatic rings. The first-order chi connectivity index (χ1) is 7.62. The van der Waals surface area contributed by atoms with E-state index in [1.54, 1.807) is 0 Å². The molecule has 1 saturated carbocycles. The fourth-order valence-electron chi connectivity index (χ4n) is 2.51. The van der Waals surface area contributed by atoms with E-state index >= 15 is 0 Å². The number of rotatable bonds is 1. The van der Waals surface area contributed by atoms with Crippen molar-refractivity contribution in [3.05, 3.63) is 33.8 Å². The van der Waals surface area contributed by atoms with E-state index in [0.717, 1.165) is 23.4 Å². The molecule has 1 nitrogen and oxygen atoms in total. The number of hydrogen-bond acceptors (Lipinski definition) is 1. The summed E-state index contributed by atoms with van der Waals surface area (Å²) in [4.78, 5) is 0. The summed E-state index contributed by atoms with van der Waals surface area (Å²) in [5.74, 6) is 0. The first kappa shape index (κ1) is 12.2. The van der Waals surface area contributed by atoms with E-state index in [9.17, 15) is 0 Å². The van der Waals surface area contributed by atoms with Crippen LogP contribution >= 0.6 is 23.2 Å². The van der Waals surface area contributed by atoms with Gasteiger partial charge in [0.15, 0.2) is 0 Å². The minimum Gasteiger partial charge on any atom is -0.321 e. The molecule has 2 N–H and O–H groups in total. The van der Waals surface area contributed by atoms with Crippen LogP contribution in [-0.2, 0) is 5.54 Å². The maximum absolute atomic E-state index is 6.51. The Morgan fingerprint density at radius 3 is 2.25 bits per heavy atom. The van der Waals surface area contributed by atoms with Gasteiger partial charge < -0.3 is 5.73 Å². The zero-order valence-corrected chi connectivity index (χ0v) is 10.8. The van der Waals surface area contributed by atoms with Crippen LogP contribution in [0.3, 0.4) is 0 Å². The van der Waals surface area contributed by atoms with Crippen LogP contribution in [0.2, 0.25) is 10.0 Å². The van der Waals surface area contributed by atoms with Crippen molar-refractivity contribution in [2.45, 2.75) is 44.1 Å². The summed E-state index contributed by atoms with van der Waals surface area (Å²) >= 11 is 12.3. The van der Waals surface area contributed by atoms with Gasteiger partial charge in [0.1, 0.15) is 0 Å². The van der Waals surface area contributed by atoms with Crippen LogP contribution in [0.1, 0.15) is 44.1 Å². The fourth-order valence-corrected chi connectivity index (χ4v) is 2.99. The molecule has 2 rings (SSSR count). The molecule has 3 heteroatoms. The van der Waals surface area contributed by atoms with Gasteiger partial charge in [-0.1, -0.05) is 48.9 Å². The van der Waals surface area contributed by atoms with E-state index in [4.69, 9.17) is 28.9 Å². The third kappa shape index (κ3) is 2.53. The molecule has 0 heterocycles. The summed E-state index contributed by atoms with van der Waals surface area (Å²) in [6.07, 6.45) is 6.92. The van der Waals surface area contributed by atoms with Crippen LogP contribution in [0.4, 0.5) is 0 Å². The standard InChI is InChI=1S/C13H17Cl2N/c14-10-5-6-12(15)11(9-10)13(16)7-3-1-2-4-8-13/h5-6,9H,1-4,7-8,16H2. The lowest BCUT2D eigenvalue weighted by Crippen LogP contribution is -2.36. The molecule has 0 atom stereocenters. The van der Waals surface area contributed by atoms with E-state index in [2.05, 4.69) is 0 Å². The third-order valence-electron chi connectivity index (χ3n) is 3.46. The summed E-state index contributed by atoms with van der Waals surface area (Å²) in [7, 11) is 0. The Kier molecular flexibility index (Phi) is 3.78. The Morgan fingerprint density at radius 2 is 1.62 bits per heavy atom. The second-order valence-electron chi connectivity index (χ2n) is 4.69. The van der Waals surface area contributed by atoms with Gasteiger partial charge in [0, 0.05) is 15.6 Å². The van der Waals surface area contributed by atoms with Crippen LogP contribution in [0.5, 0.6) is 0 Å². The van der Waals surface area contributed by atoms with Gasteiger partial charge in [-0.2, -0.15) is 0 Å². The molecule has 1 fully saturated rings. The lowest BCUT2D eigenvalue weighted by Gasteiger charge is -2.29. The summed E-state index contributed by atoms with van der Waals surface area (Å²) in [5.41, 5.74) is 7.24. The highest BCUT2D eigenvalue weighted by Gasteiger charge is 2.30. The van der Waals surface area contributed by atoms with Gasteiger partial charge in [0.2, 0.25) is 0 Å². The minimum absolute atomic E-state index is 0.279. The molecule has 1 aromatic carbocycles. The van der Waals surface area contributed by atoms with Gasteiger partial charge >= 0.3 is 0 Å². The zero-order valence-electron chi connectivity index (χ0n) is 9.31. The second kappa shape index (κ2) is 4.95. The van der Waals surface area contributed by atoms with Gasteiger partial charge in [0.05, 0.1) is 0 Å². The number of hydrogen-bond donors (Lipinski definition) is 1. The first-order valence-electron chi connectivity index (χ1n) is 5.86. The summed E-state index contributed by atoms with van der Waals surface area (Å²) < 4.78 is 0. The molecule has 0 amide bonds. The molecule has 88 valence electrons. The monoisotopic (exact) mass is 257 g/mol. The molecule has 1 aromatic rings. The molecule has 0 unspecified atom stereocenters. The van der Waals surface area contributed by atoms with E-state index < -0.39 is 0 Å². The van der Waals surface area contributed by atoms with Crippen LogP contribution in [0.25, 0.3) is 0 Å². The van der Waals surface area contributed by atoms with Crippen molar-refractivity contribution < 1.29 is 0 Å². The van der Waals surface area contributed by atoms with Crippen molar-refractivity contribution in [1.82, 2.24) is 0 Å². The second-order valence-corrected chi connectivity index (χ2v) is 5.54. The van der Waals surface area contributed by atoms with Crippen LogP contribution in [0.15, 0.2) is 18.2 Å². The Labute approximate surface area is 107 Å². The number of nitrogens with two attached hydrogens (primary N) is 1. The van der Waals surface area contributed by atoms with Crippen molar-refractivity contribution in [2.75, 3.05) is 0 Å². The third-order valence-corrected chi connectivity index (χ3v) is 4.03. The lowest BCUT2D eigenvalue weighted by atomic mass is 9.84. The molecule has 0 aliphatic heterocycles. The maximum Gasteiger partial charge on any atom is 0.0457 e. The van der Waals surface area contributed by atoms with Gasteiger partial charge in [-0.05, 0) is 36.6 Å². The van der Waals surface area contributed by atoms with Gasteiger partial charge in [-0.25, -0.2) is 0 Å². The fraction of sp³-hybridized carbons (Fsp3) is 0.538. The quantitative estimate of drug-likeness (QED) is 0.737. The molecule has 16 heavy (non-hydrogen) atoms. The molecular formula is C13H17Cl2N. The largest absolute Gasteiger partial charge is 0.321 e. The molecular weight excluding hydrogens is 241 g/mol. The van der Waals surface area contributed by atoms with E-state index in [-0.39, 0.29) is 5.54 Å². The predicted octanol–water partition coefficient (Wildman–Crippen LogP) is 4.50. The molecule has 0 radical (unpaired) electrons. The summed E-state index contributed by atoms with van der Waals surface area (Å²) in [6, 6.07) is 5.58. The average Bonchev–Trinajstić information content (AvgIpc) is 2.48. The topological polar surface area (TPSA) is 26.0 Å². The van der Waals surface area contributed by atoms with Gasteiger partial charge in [-0.3, -0.25) is 0 Å². The highest BCUT2D eigenvalue weighted by Crippen LogP contribution is 2.38. The first-order valence-corrected chi connectivity index (χ1v) is 6.62. The van der Waals surface area contributed by atoms with Crippen LogP contribution in [-0.4, -0.2) is 0 Å². The van der Waals surface area contributed by atoms with Crippen molar-refractivity contribution in [3.8, 4) is 0 Å². The molecule has 0 aromatic heterocycles. The lowest BCUT2D eigenvalue weighted by molar-refractivity contribution is 0.385. The van der Waals surface area contributed by atoms with E-state index in [0.29, 0.717) is 5.02 Å². The van der Waals surface area contributed by atoms with Crippen molar-refractivity contribution >= 4 is 23.2 Å². The van der Waals surface area contributed by atoms with Gasteiger partial charge in [-0.15, -0.1) is 0 Å². The Hall–Kier alpha value is -0.240. The average molecular weight is 258 g/mol. The minimum atomic E-state index is -0.279. The van der Waals surface area contributed by atoms with Crippen LogP contribution < -0.4 is 5.73 Å². The maximum atomic E-state index is 6.51. The highest BCUT2D eigenvalue weighted by molar-refractivity contribution is 6.33.